The molecule has 272 valence electrons. The molecule has 0 unspecified atom stereocenters. The number of fused-ring (bicyclic) bond motifs is 5. The van der Waals surface area contributed by atoms with Crippen LogP contribution in [0.2, 0.25) is 0 Å². The molecule has 0 aliphatic rings. The first kappa shape index (κ1) is 33.6. The van der Waals surface area contributed by atoms with Crippen molar-refractivity contribution in [3.63, 3.8) is 0 Å². The highest BCUT2D eigenvalue weighted by atomic mass is 15.1. The van der Waals surface area contributed by atoms with Gasteiger partial charge in [0.2, 0.25) is 0 Å². The first-order valence-corrected chi connectivity index (χ1v) is 19.9. The summed E-state index contributed by atoms with van der Waals surface area (Å²) in [6, 6.07) is 83.8. The van der Waals surface area contributed by atoms with Crippen molar-refractivity contribution in [1.82, 2.24) is 4.57 Å². The molecule has 11 rings (SSSR count). The summed E-state index contributed by atoms with van der Waals surface area (Å²) in [5.41, 5.74) is 14.1. The lowest BCUT2D eigenvalue weighted by molar-refractivity contribution is 1.18. The maximum absolute atomic E-state index is 2.44. The summed E-state index contributed by atoms with van der Waals surface area (Å²) in [6.45, 7) is 0. The molecule has 0 saturated carbocycles. The second kappa shape index (κ2) is 14.1. The Morgan fingerprint density at radius 2 is 0.759 bits per heavy atom. The first-order chi connectivity index (χ1) is 28.7. The van der Waals surface area contributed by atoms with Crippen LogP contribution in [0, 0.1) is 0 Å². The van der Waals surface area contributed by atoms with Crippen LogP contribution in [0.1, 0.15) is 0 Å². The number of nitrogens with zero attached hydrogens (tertiary/aromatic N) is 2. The molecule has 0 aliphatic carbocycles. The molecule has 2 heteroatoms. The third-order valence-corrected chi connectivity index (χ3v) is 11.5. The Bertz CT molecular complexity index is 3250. The van der Waals surface area contributed by atoms with Gasteiger partial charge >= 0.3 is 0 Å². The zero-order valence-corrected chi connectivity index (χ0v) is 31.8. The zero-order valence-electron chi connectivity index (χ0n) is 31.8. The van der Waals surface area contributed by atoms with Gasteiger partial charge in [-0.15, -0.1) is 0 Å². The first-order valence-electron chi connectivity index (χ1n) is 19.9. The van der Waals surface area contributed by atoms with E-state index < -0.39 is 0 Å². The Hall–Kier alpha value is -7.68. The van der Waals surface area contributed by atoms with E-state index in [0.29, 0.717) is 0 Å². The molecule has 0 fully saturated rings. The number of aromatic nitrogens is 1. The Kier molecular flexibility index (Phi) is 8.19. The third kappa shape index (κ3) is 5.91. The highest BCUT2D eigenvalue weighted by Crippen LogP contribution is 2.45. The van der Waals surface area contributed by atoms with Crippen LogP contribution >= 0.6 is 0 Å². The molecule has 0 radical (unpaired) electrons. The lowest BCUT2D eigenvalue weighted by Crippen LogP contribution is -2.10. The van der Waals surface area contributed by atoms with Crippen LogP contribution in [0.4, 0.5) is 17.1 Å². The van der Waals surface area contributed by atoms with E-state index in [9.17, 15) is 0 Å². The molecule has 0 aliphatic heterocycles. The Balaban J connectivity index is 1.08. The zero-order chi connectivity index (χ0) is 38.4. The second-order valence-corrected chi connectivity index (χ2v) is 15.0. The van der Waals surface area contributed by atoms with E-state index in [2.05, 4.69) is 240 Å². The summed E-state index contributed by atoms with van der Waals surface area (Å²) < 4.78 is 2.39. The normalized spacial score (nSPS) is 11.4. The predicted octanol–water partition coefficient (Wildman–Crippen LogP) is 15.6. The van der Waals surface area contributed by atoms with E-state index in [1.807, 2.05) is 0 Å². The largest absolute Gasteiger partial charge is 0.310 e. The van der Waals surface area contributed by atoms with Crippen LogP contribution in [0.5, 0.6) is 0 Å². The molecule has 0 N–H and O–H groups in total. The summed E-state index contributed by atoms with van der Waals surface area (Å²) in [6.07, 6.45) is 0. The second-order valence-electron chi connectivity index (χ2n) is 15.0. The van der Waals surface area contributed by atoms with Gasteiger partial charge in [0.25, 0.3) is 0 Å². The Morgan fingerprint density at radius 1 is 0.293 bits per heavy atom. The summed E-state index contributed by atoms with van der Waals surface area (Å²) in [5, 5.41) is 7.31. The standard InChI is InChI=1S/C56H38N2/c1-4-13-39(14-5-1)41-29-32-50(33-30-41)57(54-21-12-22-55-56(54)52-19-10-11-20-53(52)58(55)49-17-8-3-9-18-49)51-34-31-43-25-28-46(37-48(43)38-51)45-27-24-42-23-26-44(35-47(42)36-45)40-15-6-2-7-16-40/h1-38H. The SMILES string of the molecule is c1ccc(-c2ccc(N(c3ccc4ccc(-c5ccc6ccc(-c7ccccc7)cc6c5)cc4c3)c3cccc4c3c3ccccc3n4-c3ccccc3)cc2)cc1. The fraction of sp³-hybridized carbons (Fsp3) is 0. The Labute approximate surface area is 338 Å². The fourth-order valence-corrected chi connectivity index (χ4v) is 8.69. The minimum Gasteiger partial charge on any atom is -0.310 e. The Morgan fingerprint density at radius 3 is 1.41 bits per heavy atom. The van der Waals surface area contributed by atoms with Gasteiger partial charge in [-0.2, -0.15) is 0 Å². The van der Waals surface area contributed by atoms with E-state index in [0.717, 1.165) is 22.7 Å². The molecule has 2 nitrogen and oxygen atoms in total. The molecule has 0 bridgehead atoms. The number of anilines is 3. The number of hydrogen-bond acceptors (Lipinski definition) is 1. The van der Waals surface area contributed by atoms with Crippen molar-refractivity contribution < 1.29 is 0 Å². The van der Waals surface area contributed by atoms with E-state index in [1.165, 1.54) is 76.7 Å². The molecular weight excluding hydrogens is 701 g/mol. The van der Waals surface area contributed by atoms with Crippen LogP contribution in [0.25, 0.3) is 82.4 Å². The van der Waals surface area contributed by atoms with Crippen molar-refractivity contribution in [3.8, 4) is 39.1 Å². The fourth-order valence-electron chi connectivity index (χ4n) is 8.69. The topological polar surface area (TPSA) is 8.17 Å². The van der Waals surface area contributed by atoms with Crippen molar-refractivity contribution in [1.29, 1.82) is 0 Å². The van der Waals surface area contributed by atoms with Crippen LogP contribution in [-0.2, 0) is 0 Å². The van der Waals surface area contributed by atoms with E-state index >= 15 is 0 Å². The quantitative estimate of drug-likeness (QED) is 0.158. The van der Waals surface area contributed by atoms with Gasteiger partial charge in [-0.05, 0) is 128 Å². The number of hydrogen-bond donors (Lipinski definition) is 0. The molecule has 1 aromatic heterocycles. The van der Waals surface area contributed by atoms with Crippen molar-refractivity contribution in [2.45, 2.75) is 0 Å². The minimum absolute atomic E-state index is 1.10. The molecule has 11 aromatic rings. The summed E-state index contributed by atoms with van der Waals surface area (Å²) in [5.74, 6) is 0. The molecule has 0 spiro atoms. The maximum atomic E-state index is 2.44. The van der Waals surface area contributed by atoms with Gasteiger partial charge in [-0.1, -0.05) is 158 Å². The van der Waals surface area contributed by atoms with Gasteiger partial charge in [-0.25, -0.2) is 0 Å². The smallest absolute Gasteiger partial charge is 0.0562 e. The highest BCUT2D eigenvalue weighted by molar-refractivity contribution is 6.16. The molecule has 58 heavy (non-hydrogen) atoms. The van der Waals surface area contributed by atoms with Gasteiger partial charge in [-0.3, -0.25) is 0 Å². The van der Waals surface area contributed by atoms with Crippen molar-refractivity contribution >= 4 is 60.4 Å². The van der Waals surface area contributed by atoms with E-state index in [4.69, 9.17) is 0 Å². The van der Waals surface area contributed by atoms with E-state index in [-0.39, 0.29) is 0 Å². The molecule has 10 aromatic carbocycles. The van der Waals surface area contributed by atoms with E-state index in [1.54, 1.807) is 0 Å². The molecule has 1 heterocycles. The molecular formula is C56H38N2. The molecule has 0 amide bonds. The van der Waals surface area contributed by atoms with Crippen LogP contribution in [-0.4, -0.2) is 4.57 Å². The molecule has 0 saturated heterocycles. The van der Waals surface area contributed by atoms with Gasteiger partial charge in [0.05, 0.1) is 16.7 Å². The number of rotatable bonds is 7. The van der Waals surface area contributed by atoms with Gasteiger partial charge in [0.1, 0.15) is 0 Å². The lowest BCUT2D eigenvalue weighted by atomic mass is 9.96. The lowest BCUT2D eigenvalue weighted by Gasteiger charge is -2.27. The summed E-state index contributed by atoms with van der Waals surface area (Å²) >= 11 is 0. The summed E-state index contributed by atoms with van der Waals surface area (Å²) in [7, 11) is 0. The van der Waals surface area contributed by atoms with Crippen molar-refractivity contribution in [3.05, 3.63) is 231 Å². The number of para-hydroxylation sites is 2. The van der Waals surface area contributed by atoms with Gasteiger partial charge < -0.3 is 9.47 Å². The highest BCUT2D eigenvalue weighted by Gasteiger charge is 2.21. The monoisotopic (exact) mass is 738 g/mol. The summed E-state index contributed by atoms with van der Waals surface area (Å²) in [4.78, 5) is 2.44. The van der Waals surface area contributed by atoms with Crippen LogP contribution in [0.3, 0.4) is 0 Å². The van der Waals surface area contributed by atoms with Crippen molar-refractivity contribution in [2.24, 2.45) is 0 Å². The predicted molar refractivity (Wildman–Crippen MR) is 247 cm³/mol. The van der Waals surface area contributed by atoms with Crippen LogP contribution in [0.15, 0.2) is 231 Å². The molecule has 0 atom stereocenters. The van der Waals surface area contributed by atoms with Gasteiger partial charge in [0, 0.05) is 27.8 Å². The average molecular weight is 739 g/mol. The third-order valence-electron chi connectivity index (χ3n) is 11.5. The minimum atomic E-state index is 1.10. The van der Waals surface area contributed by atoms with Crippen LogP contribution < -0.4 is 4.90 Å². The van der Waals surface area contributed by atoms with Crippen molar-refractivity contribution in [2.75, 3.05) is 4.90 Å². The average Bonchev–Trinajstić information content (AvgIpc) is 3.65. The maximum Gasteiger partial charge on any atom is 0.0562 e. The number of benzene rings is 10. The van der Waals surface area contributed by atoms with Gasteiger partial charge in [0.15, 0.2) is 0 Å².